The molecule has 2 aliphatic rings. The van der Waals surface area contributed by atoms with E-state index in [1.165, 1.54) is 19.3 Å². The molecule has 17 heavy (non-hydrogen) atoms. The number of carbonyl (C=O) groups is 1. The number of hydrogen-bond acceptors (Lipinski definition) is 3. The molecule has 1 aliphatic carbocycles. The molecular weight excluding hydrogens is 218 g/mol. The maximum atomic E-state index is 11.5. The quantitative estimate of drug-likeness (QED) is 0.817. The van der Waals surface area contributed by atoms with Crippen LogP contribution < -0.4 is 0 Å². The molecule has 0 radical (unpaired) electrons. The van der Waals surface area contributed by atoms with E-state index in [1.807, 2.05) is 11.8 Å². The Labute approximate surface area is 103 Å². The second kappa shape index (κ2) is 5.83. The van der Waals surface area contributed by atoms with Gasteiger partial charge in [0.05, 0.1) is 12.7 Å². The van der Waals surface area contributed by atoms with E-state index in [4.69, 9.17) is 4.74 Å². The average Bonchev–Trinajstić information content (AvgIpc) is 2.38. The van der Waals surface area contributed by atoms with E-state index in [-0.39, 0.29) is 6.10 Å². The molecule has 0 aromatic heterocycles. The van der Waals surface area contributed by atoms with Crippen molar-refractivity contribution in [2.45, 2.75) is 51.2 Å². The zero-order chi connectivity index (χ0) is 12.3. The van der Waals surface area contributed by atoms with Crippen LogP contribution in [-0.2, 0) is 9.53 Å². The smallest absolute Gasteiger partial charge is 0.323 e. The lowest BCUT2D eigenvalue weighted by Gasteiger charge is -2.42. The van der Waals surface area contributed by atoms with Crippen molar-refractivity contribution in [3.8, 4) is 0 Å². The molecule has 0 aromatic rings. The largest absolute Gasteiger partial charge is 0.480 e. The Morgan fingerprint density at radius 3 is 2.65 bits per heavy atom. The van der Waals surface area contributed by atoms with E-state index in [0.717, 1.165) is 25.9 Å². The maximum absolute atomic E-state index is 11.5. The van der Waals surface area contributed by atoms with Crippen LogP contribution in [0.1, 0.15) is 39.0 Å². The molecule has 2 fully saturated rings. The molecule has 1 N–H and O–H groups in total. The number of ether oxygens (including phenoxy) is 1. The van der Waals surface area contributed by atoms with E-state index in [0.29, 0.717) is 12.5 Å². The highest BCUT2D eigenvalue weighted by Gasteiger charge is 2.41. The molecule has 0 spiro atoms. The van der Waals surface area contributed by atoms with Crippen molar-refractivity contribution in [3.63, 3.8) is 0 Å². The molecule has 0 amide bonds. The Balaban J connectivity index is 2.08. The van der Waals surface area contributed by atoms with Gasteiger partial charge in [-0.1, -0.05) is 26.2 Å². The Bertz CT molecular complexity index is 263. The van der Waals surface area contributed by atoms with E-state index >= 15 is 0 Å². The summed E-state index contributed by atoms with van der Waals surface area (Å²) in [7, 11) is 0. The first-order valence-electron chi connectivity index (χ1n) is 6.82. The van der Waals surface area contributed by atoms with Crippen LogP contribution in [0.4, 0.5) is 0 Å². The zero-order valence-electron chi connectivity index (χ0n) is 10.6. The van der Waals surface area contributed by atoms with Gasteiger partial charge in [0, 0.05) is 6.54 Å². The minimum Gasteiger partial charge on any atom is -0.480 e. The first-order valence-corrected chi connectivity index (χ1v) is 6.82. The van der Waals surface area contributed by atoms with Gasteiger partial charge in [-0.05, 0) is 25.3 Å². The van der Waals surface area contributed by atoms with Gasteiger partial charge in [0.1, 0.15) is 6.04 Å². The summed E-state index contributed by atoms with van der Waals surface area (Å²) in [5.74, 6) is -0.277. The third-order valence-electron chi connectivity index (χ3n) is 4.17. The van der Waals surface area contributed by atoms with E-state index < -0.39 is 12.0 Å². The lowest BCUT2D eigenvalue weighted by Crippen LogP contribution is -2.57. The third-order valence-corrected chi connectivity index (χ3v) is 4.17. The summed E-state index contributed by atoms with van der Waals surface area (Å²) in [6.07, 6.45) is 5.91. The zero-order valence-corrected chi connectivity index (χ0v) is 10.6. The van der Waals surface area contributed by atoms with Gasteiger partial charge in [-0.15, -0.1) is 0 Å². The van der Waals surface area contributed by atoms with E-state index in [1.54, 1.807) is 0 Å². The minimum atomic E-state index is -0.720. The first-order chi connectivity index (χ1) is 8.24. The van der Waals surface area contributed by atoms with Crippen molar-refractivity contribution in [2.75, 3.05) is 19.7 Å². The van der Waals surface area contributed by atoms with Crippen LogP contribution in [0.2, 0.25) is 0 Å². The molecule has 4 heteroatoms. The minimum absolute atomic E-state index is 0.0958. The summed E-state index contributed by atoms with van der Waals surface area (Å²) in [4.78, 5) is 13.5. The number of carboxylic acids is 1. The summed E-state index contributed by atoms with van der Waals surface area (Å²) in [6.45, 7) is 4.25. The van der Waals surface area contributed by atoms with Crippen LogP contribution >= 0.6 is 0 Å². The Kier molecular flexibility index (Phi) is 4.40. The lowest BCUT2D eigenvalue weighted by molar-refractivity contribution is -0.162. The second-order valence-corrected chi connectivity index (χ2v) is 5.15. The van der Waals surface area contributed by atoms with Crippen LogP contribution in [0, 0.1) is 5.92 Å². The standard InChI is InChI=1S/C13H23NO3/c1-2-14-8-9-17-12(11(14)13(15)16)10-6-4-3-5-7-10/h10-12H,2-9H2,1H3,(H,15,16). The van der Waals surface area contributed by atoms with E-state index in [2.05, 4.69) is 0 Å². The predicted octanol–water partition coefficient (Wildman–Crippen LogP) is 1.74. The maximum Gasteiger partial charge on any atom is 0.323 e. The van der Waals surface area contributed by atoms with Crippen LogP contribution in [0.15, 0.2) is 0 Å². The fourth-order valence-electron chi connectivity index (χ4n) is 3.25. The molecule has 0 bridgehead atoms. The monoisotopic (exact) mass is 241 g/mol. The fraction of sp³-hybridized carbons (Fsp3) is 0.923. The van der Waals surface area contributed by atoms with Gasteiger partial charge in [-0.2, -0.15) is 0 Å². The summed E-state index contributed by atoms with van der Waals surface area (Å²) in [5.41, 5.74) is 0. The SMILES string of the molecule is CCN1CCOC(C2CCCCC2)C1C(=O)O. The van der Waals surface area contributed by atoms with Gasteiger partial charge in [-0.3, -0.25) is 9.69 Å². The van der Waals surface area contributed by atoms with Crippen LogP contribution in [0.3, 0.4) is 0 Å². The van der Waals surface area contributed by atoms with Gasteiger partial charge >= 0.3 is 5.97 Å². The number of carboxylic acid groups (broad SMARTS) is 1. The number of aliphatic carboxylic acids is 1. The van der Waals surface area contributed by atoms with Gasteiger partial charge in [-0.25, -0.2) is 0 Å². The molecule has 2 rings (SSSR count). The number of rotatable bonds is 3. The number of morpholine rings is 1. The molecule has 1 saturated carbocycles. The van der Waals surface area contributed by atoms with Gasteiger partial charge in [0.2, 0.25) is 0 Å². The molecule has 2 unspecified atom stereocenters. The van der Waals surface area contributed by atoms with Crippen molar-refractivity contribution in [3.05, 3.63) is 0 Å². The average molecular weight is 241 g/mol. The number of likely N-dealkylation sites (N-methyl/N-ethyl adjacent to an activating group) is 1. The molecule has 4 nitrogen and oxygen atoms in total. The van der Waals surface area contributed by atoms with Gasteiger partial charge < -0.3 is 9.84 Å². The molecule has 1 saturated heterocycles. The van der Waals surface area contributed by atoms with Gasteiger partial charge in [0.25, 0.3) is 0 Å². The number of hydrogen-bond donors (Lipinski definition) is 1. The highest BCUT2D eigenvalue weighted by molar-refractivity contribution is 5.74. The fourth-order valence-corrected chi connectivity index (χ4v) is 3.25. The van der Waals surface area contributed by atoms with Gasteiger partial charge in [0.15, 0.2) is 0 Å². The van der Waals surface area contributed by atoms with Crippen molar-refractivity contribution >= 4 is 5.97 Å². The Hall–Kier alpha value is -0.610. The van der Waals surface area contributed by atoms with Crippen molar-refractivity contribution in [1.82, 2.24) is 4.90 Å². The Morgan fingerprint density at radius 2 is 2.06 bits per heavy atom. The van der Waals surface area contributed by atoms with Crippen molar-refractivity contribution < 1.29 is 14.6 Å². The van der Waals surface area contributed by atoms with Crippen LogP contribution in [-0.4, -0.2) is 47.8 Å². The molecule has 98 valence electrons. The van der Waals surface area contributed by atoms with Crippen LogP contribution in [0.25, 0.3) is 0 Å². The van der Waals surface area contributed by atoms with Crippen LogP contribution in [0.5, 0.6) is 0 Å². The highest BCUT2D eigenvalue weighted by Crippen LogP contribution is 2.32. The second-order valence-electron chi connectivity index (χ2n) is 5.15. The predicted molar refractivity (Wildman–Crippen MR) is 65.0 cm³/mol. The third kappa shape index (κ3) is 2.80. The molecule has 1 aliphatic heterocycles. The van der Waals surface area contributed by atoms with E-state index in [9.17, 15) is 9.90 Å². The molecular formula is C13H23NO3. The summed E-state index contributed by atoms with van der Waals surface area (Å²) in [5, 5.41) is 9.42. The number of nitrogens with zero attached hydrogens (tertiary/aromatic N) is 1. The normalized spacial score (nSPS) is 32.5. The van der Waals surface area contributed by atoms with Crippen molar-refractivity contribution in [2.24, 2.45) is 5.92 Å². The summed E-state index contributed by atoms with van der Waals surface area (Å²) < 4.78 is 5.80. The lowest BCUT2D eigenvalue weighted by atomic mass is 9.81. The van der Waals surface area contributed by atoms with Crippen molar-refractivity contribution in [1.29, 1.82) is 0 Å². The molecule has 1 heterocycles. The topological polar surface area (TPSA) is 49.8 Å². The summed E-state index contributed by atoms with van der Waals surface area (Å²) in [6, 6.07) is -0.433. The highest BCUT2D eigenvalue weighted by atomic mass is 16.5. The molecule has 0 aromatic carbocycles. The molecule has 2 atom stereocenters. The first kappa shape index (κ1) is 12.8. The Morgan fingerprint density at radius 1 is 1.35 bits per heavy atom. The summed E-state index contributed by atoms with van der Waals surface area (Å²) >= 11 is 0.